The van der Waals surface area contributed by atoms with Gasteiger partial charge in [0, 0.05) is 4.88 Å². The highest BCUT2D eigenvalue weighted by atomic mass is 32.1. The molecule has 0 spiro atoms. The van der Waals surface area contributed by atoms with Crippen LogP contribution in [0.5, 0.6) is 0 Å². The molecule has 2 aromatic carbocycles. The number of hydrogen-bond acceptors (Lipinski definition) is 4. The third-order valence-corrected chi connectivity index (χ3v) is 4.90. The Morgan fingerprint density at radius 3 is 2.42 bits per heavy atom. The Labute approximate surface area is 156 Å². The van der Waals surface area contributed by atoms with Crippen LogP contribution in [0.25, 0.3) is 0 Å². The standard InChI is InChI=1S/C21H19NO3S/c1-15-8-5-6-11-17(15)21(24)25-14-19(23)22-20(18-12-7-13-26-18)16-9-3-2-4-10-16/h2-13,20H,14H2,1H3,(H,22,23)/t20-/m0/s1. The molecule has 0 aliphatic rings. The summed E-state index contributed by atoms with van der Waals surface area (Å²) in [4.78, 5) is 25.5. The summed E-state index contributed by atoms with van der Waals surface area (Å²) in [5, 5.41) is 4.92. The Bertz CT molecular complexity index is 875. The molecule has 3 aromatic rings. The molecule has 0 bridgehead atoms. The largest absolute Gasteiger partial charge is 0.452 e. The fraction of sp³-hybridized carbons (Fsp3) is 0.143. The lowest BCUT2D eigenvalue weighted by Gasteiger charge is -2.18. The van der Waals surface area contributed by atoms with Gasteiger partial charge in [-0.15, -0.1) is 11.3 Å². The Kier molecular flexibility index (Phi) is 5.81. The zero-order valence-corrected chi connectivity index (χ0v) is 15.2. The lowest BCUT2D eigenvalue weighted by atomic mass is 10.1. The summed E-state index contributed by atoms with van der Waals surface area (Å²) in [6.45, 7) is 1.51. The molecule has 0 saturated carbocycles. The predicted octanol–water partition coefficient (Wildman–Crippen LogP) is 4.12. The van der Waals surface area contributed by atoms with Crippen molar-refractivity contribution in [3.63, 3.8) is 0 Å². The number of carbonyl (C=O) groups excluding carboxylic acids is 2. The molecule has 4 nitrogen and oxygen atoms in total. The first-order valence-corrected chi connectivity index (χ1v) is 9.13. The molecule has 0 unspecified atom stereocenters. The average Bonchev–Trinajstić information content (AvgIpc) is 3.19. The molecule has 0 fully saturated rings. The summed E-state index contributed by atoms with van der Waals surface area (Å²) < 4.78 is 5.18. The maximum atomic E-state index is 12.4. The minimum Gasteiger partial charge on any atom is -0.452 e. The second-order valence-electron chi connectivity index (χ2n) is 5.82. The summed E-state index contributed by atoms with van der Waals surface area (Å²) in [7, 11) is 0. The molecule has 1 aromatic heterocycles. The highest BCUT2D eigenvalue weighted by molar-refractivity contribution is 7.10. The van der Waals surface area contributed by atoms with E-state index in [9.17, 15) is 9.59 Å². The van der Waals surface area contributed by atoms with Gasteiger partial charge < -0.3 is 10.1 Å². The molecule has 1 amide bonds. The third-order valence-electron chi connectivity index (χ3n) is 3.97. The van der Waals surface area contributed by atoms with E-state index in [-0.39, 0.29) is 18.6 Å². The lowest BCUT2D eigenvalue weighted by molar-refractivity contribution is -0.124. The van der Waals surface area contributed by atoms with Crippen LogP contribution in [0.1, 0.15) is 32.4 Å². The van der Waals surface area contributed by atoms with Crippen molar-refractivity contribution in [3.05, 3.63) is 93.7 Å². The van der Waals surface area contributed by atoms with Crippen LogP contribution >= 0.6 is 11.3 Å². The van der Waals surface area contributed by atoms with Crippen LogP contribution in [-0.4, -0.2) is 18.5 Å². The van der Waals surface area contributed by atoms with Crippen molar-refractivity contribution in [3.8, 4) is 0 Å². The second kappa shape index (κ2) is 8.45. The zero-order chi connectivity index (χ0) is 18.4. The number of ether oxygens (including phenoxy) is 1. The van der Waals surface area contributed by atoms with Crippen molar-refractivity contribution < 1.29 is 14.3 Å². The maximum Gasteiger partial charge on any atom is 0.338 e. The highest BCUT2D eigenvalue weighted by Crippen LogP contribution is 2.25. The van der Waals surface area contributed by atoms with Crippen LogP contribution in [0.2, 0.25) is 0 Å². The molecular formula is C21H19NO3S. The third kappa shape index (κ3) is 4.37. The normalized spacial score (nSPS) is 11.6. The fourth-order valence-electron chi connectivity index (χ4n) is 2.63. The number of rotatable bonds is 6. The average molecular weight is 365 g/mol. The van der Waals surface area contributed by atoms with Crippen LogP contribution in [-0.2, 0) is 9.53 Å². The van der Waals surface area contributed by atoms with Gasteiger partial charge in [0.2, 0.25) is 0 Å². The summed E-state index contributed by atoms with van der Waals surface area (Å²) in [5.41, 5.74) is 2.27. The topological polar surface area (TPSA) is 55.4 Å². The van der Waals surface area contributed by atoms with Crippen molar-refractivity contribution in [2.24, 2.45) is 0 Å². The fourth-order valence-corrected chi connectivity index (χ4v) is 3.44. The van der Waals surface area contributed by atoms with E-state index in [0.717, 1.165) is 16.0 Å². The van der Waals surface area contributed by atoms with Crippen molar-refractivity contribution in [1.82, 2.24) is 5.32 Å². The number of amides is 1. The van der Waals surface area contributed by atoms with Crippen molar-refractivity contribution in [2.75, 3.05) is 6.61 Å². The second-order valence-corrected chi connectivity index (χ2v) is 6.80. The summed E-state index contributed by atoms with van der Waals surface area (Å²) >= 11 is 1.57. The molecule has 1 atom stereocenters. The molecule has 0 aliphatic carbocycles. The number of hydrogen-bond donors (Lipinski definition) is 1. The molecule has 132 valence electrons. The van der Waals surface area contributed by atoms with Crippen LogP contribution in [0.15, 0.2) is 72.1 Å². The van der Waals surface area contributed by atoms with E-state index < -0.39 is 5.97 Å². The van der Waals surface area contributed by atoms with Crippen molar-refractivity contribution >= 4 is 23.2 Å². The van der Waals surface area contributed by atoms with Gasteiger partial charge in [0.15, 0.2) is 6.61 Å². The quantitative estimate of drug-likeness (QED) is 0.669. The number of aryl methyl sites for hydroxylation is 1. The van der Waals surface area contributed by atoms with Crippen molar-refractivity contribution in [1.29, 1.82) is 0 Å². The van der Waals surface area contributed by atoms with E-state index in [2.05, 4.69) is 5.32 Å². The molecule has 0 saturated heterocycles. The molecule has 26 heavy (non-hydrogen) atoms. The SMILES string of the molecule is Cc1ccccc1C(=O)OCC(=O)N[C@@H](c1ccccc1)c1cccs1. The smallest absolute Gasteiger partial charge is 0.338 e. The molecule has 1 N–H and O–H groups in total. The molecular weight excluding hydrogens is 346 g/mol. The Morgan fingerprint density at radius 1 is 1.00 bits per heavy atom. The van der Waals surface area contributed by atoms with Gasteiger partial charge in [-0.3, -0.25) is 4.79 Å². The Morgan fingerprint density at radius 2 is 1.73 bits per heavy atom. The van der Waals surface area contributed by atoms with Gasteiger partial charge >= 0.3 is 5.97 Å². The monoisotopic (exact) mass is 365 g/mol. The molecule has 0 radical (unpaired) electrons. The predicted molar refractivity (Wildman–Crippen MR) is 102 cm³/mol. The van der Waals surface area contributed by atoms with Gasteiger partial charge in [-0.25, -0.2) is 4.79 Å². The van der Waals surface area contributed by atoms with Crippen molar-refractivity contribution in [2.45, 2.75) is 13.0 Å². The van der Waals surface area contributed by atoms with Crippen LogP contribution in [0, 0.1) is 6.92 Å². The number of benzene rings is 2. The van der Waals surface area contributed by atoms with Crippen LogP contribution in [0.4, 0.5) is 0 Å². The van der Waals surface area contributed by atoms with Gasteiger partial charge in [-0.2, -0.15) is 0 Å². The number of esters is 1. The molecule has 0 aliphatic heterocycles. The van der Waals surface area contributed by atoms with E-state index in [1.807, 2.05) is 66.9 Å². The molecule has 3 rings (SSSR count). The molecule has 5 heteroatoms. The van der Waals surface area contributed by atoms with E-state index in [1.54, 1.807) is 23.5 Å². The van der Waals surface area contributed by atoms with E-state index in [1.165, 1.54) is 0 Å². The number of nitrogens with one attached hydrogen (secondary N) is 1. The number of carbonyl (C=O) groups is 2. The minimum atomic E-state index is -0.495. The number of thiophene rings is 1. The van der Waals surface area contributed by atoms with E-state index in [4.69, 9.17) is 4.74 Å². The van der Waals surface area contributed by atoms with E-state index >= 15 is 0 Å². The van der Waals surface area contributed by atoms with Gasteiger partial charge in [0.25, 0.3) is 5.91 Å². The summed E-state index contributed by atoms with van der Waals surface area (Å²) in [6.07, 6.45) is 0. The molecule has 1 heterocycles. The first kappa shape index (κ1) is 17.9. The highest BCUT2D eigenvalue weighted by Gasteiger charge is 2.19. The maximum absolute atomic E-state index is 12.4. The zero-order valence-electron chi connectivity index (χ0n) is 14.3. The van der Waals surface area contributed by atoms with Gasteiger partial charge in [-0.05, 0) is 35.6 Å². The van der Waals surface area contributed by atoms with Gasteiger partial charge in [0.1, 0.15) is 0 Å². The first-order chi connectivity index (χ1) is 12.6. The van der Waals surface area contributed by atoms with Crippen LogP contribution in [0.3, 0.4) is 0 Å². The minimum absolute atomic E-state index is 0.263. The summed E-state index contributed by atoms with van der Waals surface area (Å²) in [6, 6.07) is 20.5. The Balaban J connectivity index is 1.65. The van der Waals surface area contributed by atoms with Crippen LogP contribution < -0.4 is 5.32 Å². The lowest BCUT2D eigenvalue weighted by Crippen LogP contribution is -2.32. The summed E-state index contributed by atoms with van der Waals surface area (Å²) in [5.74, 6) is -0.833. The van der Waals surface area contributed by atoms with Gasteiger partial charge in [0.05, 0.1) is 11.6 Å². The van der Waals surface area contributed by atoms with E-state index in [0.29, 0.717) is 5.56 Å². The first-order valence-electron chi connectivity index (χ1n) is 8.25. The Hall–Kier alpha value is -2.92. The van der Waals surface area contributed by atoms with Gasteiger partial charge in [-0.1, -0.05) is 54.6 Å².